The smallest absolute Gasteiger partial charge is 0.185 e. The van der Waals surface area contributed by atoms with Crippen LogP contribution in [0.5, 0.6) is 5.75 Å². The summed E-state index contributed by atoms with van der Waals surface area (Å²) in [5.74, 6) is 0.696. The monoisotopic (exact) mass is 619 g/mol. The molecular formula is C43H70O2. The summed E-state index contributed by atoms with van der Waals surface area (Å²) >= 11 is 0. The Morgan fingerprint density at radius 1 is 0.600 bits per heavy atom. The summed E-state index contributed by atoms with van der Waals surface area (Å²) in [7, 11) is 0. The highest BCUT2D eigenvalue weighted by atomic mass is 16.3. The zero-order valence-corrected chi connectivity index (χ0v) is 30.9. The minimum Gasteiger partial charge on any atom is -0.507 e. The highest BCUT2D eigenvalue weighted by Crippen LogP contribution is 2.38. The molecule has 0 aromatic heterocycles. The van der Waals surface area contributed by atoms with Crippen LogP contribution in [0.4, 0.5) is 0 Å². The van der Waals surface area contributed by atoms with E-state index in [0.717, 1.165) is 59.1 Å². The van der Waals surface area contributed by atoms with Crippen molar-refractivity contribution in [1.29, 1.82) is 0 Å². The Bertz CT molecular complexity index is 1120. The van der Waals surface area contributed by atoms with Gasteiger partial charge >= 0.3 is 0 Å². The van der Waals surface area contributed by atoms with Crippen molar-refractivity contribution < 1.29 is 9.90 Å². The third-order valence-corrected chi connectivity index (χ3v) is 9.45. The minimum absolute atomic E-state index is 0.155. The quantitative estimate of drug-likeness (QED) is 0.139. The van der Waals surface area contributed by atoms with Crippen molar-refractivity contribution in [3.63, 3.8) is 0 Å². The fourth-order valence-electron chi connectivity index (χ4n) is 6.55. The first-order valence-corrected chi connectivity index (χ1v) is 18.9. The third-order valence-electron chi connectivity index (χ3n) is 9.45. The molecule has 1 N–H and O–H groups in total. The van der Waals surface area contributed by atoms with Crippen molar-refractivity contribution in [3.05, 3.63) is 57.7 Å². The second-order valence-electron chi connectivity index (χ2n) is 15.9. The summed E-state index contributed by atoms with van der Waals surface area (Å²) in [4.78, 5) is 13.6. The third kappa shape index (κ3) is 14.5. The molecule has 1 aromatic carbocycles. The maximum Gasteiger partial charge on any atom is 0.185 e. The van der Waals surface area contributed by atoms with E-state index in [1.807, 2.05) is 0 Å². The van der Waals surface area contributed by atoms with Gasteiger partial charge in [0.15, 0.2) is 5.78 Å². The van der Waals surface area contributed by atoms with Crippen molar-refractivity contribution in [2.45, 2.75) is 189 Å². The number of hydrogen-bond donors (Lipinski definition) is 1. The standard InChI is InChI=1S/C43H70O2/c1-9-11-13-15-17-19-21-23-25-27-36-30-34(32-38(40(36)44)42(3,4)5)29-35-31-37(41(45)39(33-35)43(6,7)8)28-26-24-22-20-18-16-14-12-10-2/h29-33,44H,9-28H2,1-8H3. The van der Waals surface area contributed by atoms with Crippen molar-refractivity contribution >= 4 is 11.9 Å². The Labute approximate surface area is 279 Å². The van der Waals surface area contributed by atoms with Gasteiger partial charge in [-0.05, 0) is 83.6 Å². The molecule has 2 heteroatoms. The molecule has 0 unspecified atom stereocenters. The summed E-state index contributed by atoms with van der Waals surface area (Å²) in [6, 6.07) is 4.36. The molecule has 45 heavy (non-hydrogen) atoms. The summed E-state index contributed by atoms with van der Waals surface area (Å²) in [5, 5.41) is 11.3. The van der Waals surface area contributed by atoms with Crippen molar-refractivity contribution in [1.82, 2.24) is 0 Å². The van der Waals surface area contributed by atoms with Crippen LogP contribution in [-0.2, 0) is 16.6 Å². The van der Waals surface area contributed by atoms with Crippen LogP contribution in [0, 0.1) is 5.41 Å². The number of aryl methyl sites for hydroxylation is 1. The number of hydrogen-bond acceptors (Lipinski definition) is 2. The number of Topliss-reactive ketones (excluding diaryl/α,β-unsaturated/α-hetero) is 1. The van der Waals surface area contributed by atoms with Crippen molar-refractivity contribution in [2.24, 2.45) is 5.41 Å². The fraction of sp³-hybridized carbons (Fsp3) is 0.698. The molecular weight excluding hydrogens is 548 g/mol. The molecule has 2 rings (SSSR count). The molecule has 1 aliphatic carbocycles. The molecule has 1 aromatic rings. The first-order chi connectivity index (χ1) is 21.4. The summed E-state index contributed by atoms with van der Waals surface area (Å²) in [6.07, 6.45) is 31.5. The van der Waals surface area contributed by atoms with Gasteiger partial charge in [-0.1, -0.05) is 158 Å². The topological polar surface area (TPSA) is 37.3 Å². The number of unbranched alkanes of at least 4 members (excludes halogenated alkanes) is 16. The van der Waals surface area contributed by atoms with Gasteiger partial charge in [-0.3, -0.25) is 4.79 Å². The molecule has 0 atom stereocenters. The Morgan fingerprint density at radius 2 is 1.07 bits per heavy atom. The van der Waals surface area contributed by atoms with Crippen LogP contribution < -0.4 is 0 Å². The van der Waals surface area contributed by atoms with Gasteiger partial charge in [0, 0.05) is 16.7 Å². The molecule has 0 radical (unpaired) electrons. The molecule has 1 aliphatic rings. The Kier molecular flexibility index (Phi) is 17.6. The fourth-order valence-corrected chi connectivity index (χ4v) is 6.55. The Morgan fingerprint density at radius 3 is 1.53 bits per heavy atom. The van der Waals surface area contributed by atoms with E-state index in [1.165, 1.54) is 103 Å². The summed E-state index contributed by atoms with van der Waals surface area (Å²) < 4.78 is 0. The number of phenols is 1. The Balaban J connectivity index is 2.18. The molecule has 0 bridgehead atoms. The van der Waals surface area contributed by atoms with Gasteiger partial charge in [-0.2, -0.15) is 0 Å². The molecule has 0 heterocycles. The molecule has 0 saturated heterocycles. The lowest BCUT2D eigenvalue weighted by Crippen LogP contribution is -2.22. The molecule has 0 spiro atoms. The lowest BCUT2D eigenvalue weighted by Gasteiger charge is -2.26. The van der Waals surface area contributed by atoms with Crippen LogP contribution in [-0.4, -0.2) is 10.9 Å². The van der Waals surface area contributed by atoms with Crippen molar-refractivity contribution in [3.8, 4) is 5.75 Å². The number of rotatable bonds is 21. The SMILES string of the molecule is CCCCCCCCCCCC1=CC(=Cc2cc(CCCCCCCCCCC)c(O)c(C(C)(C)C)c2)C=C(C(C)(C)C)C1=O. The van der Waals surface area contributed by atoms with Gasteiger partial charge in [0.05, 0.1) is 0 Å². The summed E-state index contributed by atoms with van der Waals surface area (Å²) in [6.45, 7) is 17.5. The largest absolute Gasteiger partial charge is 0.507 e. The van der Waals surface area contributed by atoms with E-state index in [1.54, 1.807) is 0 Å². The van der Waals surface area contributed by atoms with Gasteiger partial charge in [-0.15, -0.1) is 0 Å². The lowest BCUT2D eigenvalue weighted by molar-refractivity contribution is -0.113. The number of phenolic OH excluding ortho intramolecular Hbond substituents is 1. The normalized spacial score (nSPS) is 15.1. The van der Waals surface area contributed by atoms with Crippen molar-refractivity contribution in [2.75, 3.05) is 0 Å². The first kappa shape index (κ1) is 39.1. The number of benzene rings is 1. The number of allylic oxidation sites excluding steroid dienone is 5. The molecule has 0 fully saturated rings. The zero-order valence-electron chi connectivity index (χ0n) is 30.9. The highest BCUT2D eigenvalue weighted by Gasteiger charge is 2.29. The van der Waals surface area contributed by atoms with Crippen LogP contribution in [0.25, 0.3) is 6.08 Å². The van der Waals surface area contributed by atoms with Gasteiger partial charge in [0.1, 0.15) is 5.75 Å². The van der Waals surface area contributed by atoms with E-state index in [2.05, 4.69) is 85.8 Å². The van der Waals surface area contributed by atoms with Crippen LogP contribution in [0.3, 0.4) is 0 Å². The number of aromatic hydroxyl groups is 1. The number of carbonyl (C=O) groups is 1. The zero-order chi connectivity index (χ0) is 33.3. The van der Waals surface area contributed by atoms with E-state index in [-0.39, 0.29) is 16.6 Å². The average molecular weight is 619 g/mol. The molecule has 2 nitrogen and oxygen atoms in total. The second kappa shape index (κ2) is 20.2. The Hall–Kier alpha value is -2.09. The van der Waals surface area contributed by atoms with Crippen LogP contribution in [0.15, 0.2) is 41.0 Å². The lowest BCUT2D eigenvalue weighted by atomic mass is 9.77. The minimum atomic E-state index is -0.207. The predicted octanol–water partition coefficient (Wildman–Crippen LogP) is 13.5. The number of ketones is 1. The molecule has 254 valence electrons. The van der Waals surface area contributed by atoms with Gasteiger partial charge < -0.3 is 5.11 Å². The van der Waals surface area contributed by atoms with E-state index in [0.29, 0.717) is 5.75 Å². The first-order valence-electron chi connectivity index (χ1n) is 18.9. The van der Waals surface area contributed by atoms with E-state index in [4.69, 9.17) is 0 Å². The highest BCUT2D eigenvalue weighted by molar-refractivity contribution is 6.11. The molecule has 0 aliphatic heterocycles. The second-order valence-corrected chi connectivity index (χ2v) is 15.9. The van der Waals surface area contributed by atoms with Gasteiger partial charge in [0.2, 0.25) is 0 Å². The van der Waals surface area contributed by atoms with Gasteiger partial charge in [-0.25, -0.2) is 0 Å². The predicted molar refractivity (Wildman–Crippen MR) is 198 cm³/mol. The maximum absolute atomic E-state index is 13.6. The van der Waals surface area contributed by atoms with E-state index >= 15 is 0 Å². The van der Waals surface area contributed by atoms with Crippen LogP contribution in [0.2, 0.25) is 0 Å². The van der Waals surface area contributed by atoms with Crippen LogP contribution >= 0.6 is 0 Å². The van der Waals surface area contributed by atoms with Gasteiger partial charge in [0.25, 0.3) is 0 Å². The summed E-state index contributed by atoms with van der Waals surface area (Å²) in [5.41, 5.74) is 5.80. The van der Waals surface area contributed by atoms with E-state index in [9.17, 15) is 9.90 Å². The maximum atomic E-state index is 13.6. The van der Waals surface area contributed by atoms with Crippen LogP contribution in [0.1, 0.15) is 194 Å². The number of carbonyl (C=O) groups excluding carboxylic acids is 1. The molecule has 0 saturated carbocycles. The molecule has 0 amide bonds. The van der Waals surface area contributed by atoms with E-state index < -0.39 is 0 Å². The average Bonchev–Trinajstić information content (AvgIpc) is 2.97.